The normalized spacial score (nSPS) is 12.7. The van der Waals surface area contributed by atoms with Crippen LogP contribution >= 0.6 is 0 Å². The Balaban J connectivity index is 2.12. The van der Waals surface area contributed by atoms with Crippen LogP contribution in [0, 0.1) is 6.92 Å². The smallest absolute Gasteiger partial charge is 0.0538 e. The fraction of sp³-hybridized carbons (Fsp3) is 0.571. The lowest BCUT2D eigenvalue weighted by Crippen LogP contribution is -2.16. The van der Waals surface area contributed by atoms with Gasteiger partial charge in [-0.1, -0.05) is 36.8 Å². The van der Waals surface area contributed by atoms with Gasteiger partial charge in [-0.3, -0.25) is 0 Å². The molecule has 2 heteroatoms. The van der Waals surface area contributed by atoms with Crippen LogP contribution in [0.3, 0.4) is 0 Å². The van der Waals surface area contributed by atoms with Crippen molar-refractivity contribution in [3.63, 3.8) is 0 Å². The van der Waals surface area contributed by atoms with Gasteiger partial charge in [-0.2, -0.15) is 0 Å². The fourth-order valence-electron chi connectivity index (χ4n) is 1.72. The van der Waals surface area contributed by atoms with Crippen molar-refractivity contribution in [1.29, 1.82) is 0 Å². The van der Waals surface area contributed by atoms with Crippen molar-refractivity contribution in [2.45, 2.75) is 45.8 Å². The second-order valence-corrected chi connectivity index (χ2v) is 4.37. The zero-order chi connectivity index (χ0) is 11.8. The Bertz CT molecular complexity index is 299. The lowest BCUT2D eigenvalue weighted by atomic mass is 10.1. The number of aliphatic hydroxyl groups is 1. The lowest BCUT2D eigenvalue weighted by Gasteiger charge is -2.08. The first-order chi connectivity index (χ1) is 7.72. The third-order valence-electron chi connectivity index (χ3n) is 2.77. The molecule has 0 heterocycles. The third-order valence-corrected chi connectivity index (χ3v) is 2.77. The SMILES string of the molecule is CCC(O)CCCNCc1cccc(C)c1. The van der Waals surface area contributed by atoms with E-state index >= 15 is 0 Å². The minimum atomic E-state index is -0.124. The van der Waals surface area contributed by atoms with Crippen LogP contribution in [0.4, 0.5) is 0 Å². The summed E-state index contributed by atoms with van der Waals surface area (Å²) in [5, 5.41) is 12.8. The van der Waals surface area contributed by atoms with Crippen molar-refractivity contribution >= 4 is 0 Å². The summed E-state index contributed by atoms with van der Waals surface area (Å²) in [5.41, 5.74) is 2.64. The summed E-state index contributed by atoms with van der Waals surface area (Å²) in [4.78, 5) is 0. The van der Waals surface area contributed by atoms with Gasteiger partial charge in [0.25, 0.3) is 0 Å². The molecule has 0 spiro atoms. The number of benzene rings is 1. The van der Waals surface area contributed by atoms with Gasteiger partial charge in [-0.25, -0.2) is 0 Å². The second kappa shape index (κ2) is 7.42. The van der Waals surface area contributed by atoms with Gasteiger partial charge in [-0.05, 0) is 38.3 Å². The maximum absolute atomic E-state index is 9.38. The molecule has 0 aliphatic heterocycles. The van der Waals surface area contributed by atoms with E-state index in [4.69, 9.17) is 0 Å². The summed E-state index contributed by atoms with van der Waals surface area (Å²) >= 11 is 0. The van der Waals surface area contributed by atoms with Gasteiger partial charge in [0.1, 0.15) is 0 Å². The number of rotatable bonds is 7. The average Bonchev–Trinajstić information content (AvgIpc) is 2.28. The van der Waals surface area contributed by atoms with E-state index in [-0.39, 0.29) is 6.10 Å². The van der Waals surface area contributed by atoms with E-state index in [9.17, 15) is 5.11 Å². The highest BCUT2D eigenvalue weighted by atomic mass is 16.3. The summed E-state index contributed by atoms with van der Waals surface area (Å²) in [5.74, 6) is 0. The van der Waals surface area contributed by atoms with Gasteiger partial charge in [0, 0.05) is 6.54 Å². The largest absolute Gasteiger partial charge is 0.393 e. The Morgan fingerprint density at radius 3 is 2.88 bits per heavy atom. The Morgan fingerprint density at radius 2 is 2.19 bits per heavy atom. The fourth-order valence-corrected chi connectivity index (χ4v) is 1.72. The van der Waals surface area contributed by atoms with Crippen molar-refractivity contribution in [2.75, 3.05) is 6.54 Å². The van der Waals surface area contributed by atoms with Gasteiger partial charge >= 0.3 is 0 Å². The Kier molecular flexibility index (Phi) is 6.12. The van der Waals surface area contributed by atoms with E-state index in [0.717, 1.165) is 32.4 Å². The maximum Gasteiger partial charge on any atom is 0.0538 e. The molecule has 1 aromatic carbocycles. The topological polar surface area (TPSA) is 32.3 Å². The molecule has 0 aromatic heterocycles. The predicted molar refractivity (Wildman–Crippen MR) is 68.4 cm³/mol. The summed E-state index contributed by atoms with van der Waals surface area (Å²) in [6.07, 6.45) is 2.68. The first-order valence-corrected chi connectivity index (χ1v) is 6.16. The van der Waals surface area contributed by atoms with Crippen molar-refractivity contribution in [3.8, 4) is 0 Å². The molecule has 0 amide bonds. The molecule has 1 unspecified atom stereocenters. The maximum atomic E-state index is 9.38. The molecule has 0 aliphatic carbocycles. The predicted octanol–water partition coefficient (Wildman–Crippen LogP) is 2.64. The van der Waals surface area contributed by atoms with Gasteiger partial charge < -0.3 is 10.4 Å². The summed E-state index contributed by atoms with van der Waals surface area (Å²) in [6, 6.07) is 8.54. The highest BCUT2D eigenvalue weighted by molar-refractivity contribution is 5.21. The number of hydrogen-bond acceptors (Lipinski definition) is 2. The molecule has 2 nitrogen and oxygen atoms in total. The standard InChI is InChI=1S/C14H23NO/c1-3-14(16)8-5-9-15-11-13-7-4-6-12(2)10-13/h4,6-7,10,14-16H,3,5,8-9,11H2,1-2H3. The van der Waals surface area contributed by atoms with Gasteiger partial charge in [0.2, 0.25) is 0 Å². The van der Waals surface area contributed by atoms with Crippen LogP contribution < -0.4 is 5.32 Å². The number of aryl methyl sites for hydroxylation is 1. The molecule has 1 rings (SSSR count). The summed E-state index contributed by atoms with van der Waals surface area (Å²) in [6.45, 7) is 6.03. The molecule has 0 saturated heterocycles. The number of aliphatic hydroxyl groups excluding tert-OH is 1. The van der Waals surface area contributed by atoms with Crippen LogP contribution in [0.2, 0.25) is 0 Å². The third kappa shape index (κ3) is 5.29. The van der Waals surface area contributed by atoms with Crippen molar-refractivity contribution < 1.29 is 5.11 Å². The van der Waals surface area contributed by atoms with Crippen LogP contribution in [0.15, 0.2) is 24.3 Å². The molecule has 2 N–H and O–H groups in total. The molecular formula is C14H23NO. The molecule has 0 fully saturated rings. The average molecular weight is 221 g/mol. The molecule has 90 valence electrons. The first kappa shape index (κ1) is 13.2. The zero-order valence-electron chi connectivity index (χ0n) is 10.4. The van der Waals surface area contributed by atoms with E-state index in [1.807, 2.05) is 6.92 Å². The monoisotopic (exact) mass is 221 g/mol. The highest BCUT2D eigenvalue weighted by Crippen LogP contribution is 2.04. The Labute approximate surface area is 98.7 Å². The van der Waals surface area contributed by atoms with Crippen LogP contribution in [-0.4, -0.2) is 17.8 Å². The van der Waals surface area contributed by atoms with Crippen LogP contribution in [0.25, 0.3) is 0 Å². The lowest BCUT2D eigenvalue weighted by molar-refractivity contribution is 0.157. The van der Waals surface area contributed by atoms with Gasteiger partial charge in [-0.15, -0.1) is 0 Å². The van der Waals surface area contributed by atoms with E-state index in [1.54, 1.807) is 0 Å². The van der Waals surface area contributed by atoms with Gasteiger partial charge in [0.05, 0.1) is 6.10 Å². The molecule has 16 heavy (non-hydrogen) atoms. The molecule has 1 atom stereocenters. The first-order valence-electron chi connectivity index (χ1n) is 6.16. The van der Waals surface area contributed by atoms with Crippen LogP contribution in [0.5, 0.6) is 0 Å². The quantitative estimate of drug-likeness (QED) is 0.694. The molecule has 1 aromatic rings. The molecule has 0 radical (unpaired) electrons. The zero-order valence-corrected chi connectivity index (χ0v) is 10.4. The molecular weight excluding hydrogens is 198 g/mol. The van der Waals surface area contributed by atoms with Crippen molar-refractivity contribution in [2.24, 2.45) is 0 Å². The summed E-state index contributed by atoms with van der Waals surface area (Å²) in [7, 11) is 0. The van der Waals surface area contributed by atoms with Crippen molar-refractivity contribution in [3.05, 3.63) is 35.4 Å². The summed E-state index contributed by atoms with van der Waals surface area (Å²) < 4.78 is 0. The minimum absolute atomic E-state index is 0.124. The Hall–Kier alpha value is -0.860. The van der Waals surface area contributed by atoms with E-state index in [1.165, 1.54) is 11.1 Å². The molecule has 0 aliphatic rings. The molecule has 0 saturated carbocycles. The van der Waals surface area contributed by atoms with Crippen LogP contribution in [0.1, 0.15) is 37.3 Å². The number of hydrogen-bond donors (Lipinski definition) is 2. The number of nitrogens with one attached hydrogen (secondary N) is 1. The van der Waals surface area contributed by atoms with E-state index in [0.29, 0.717) is 0 Å². The van der Waals surface area contributed by atoms with E-state index in [2.05, 4.69) is 36.5 Å². The molecule has 0 bridgehead atoms. The minimum Gasteiger partial charge on any atom is -0.393 e. The second-order valence-electron chi connectivity index (χ2n) is 4.37. The van der Waals surface area contributed by atoms with Crippen LogP contribution in [-0.2, 0) is 6.54 Å². The van der Waals surface area contributed by atoms with Gasteiger partial charge in [0.15, 0.2) is 0 Å². The van der Waals surface area contributed by atoms with E-state index < -0.39 is 0 Å². The highest BCUT2D eigenvalue weighted by Gasteiger charge is 1.99. The van der Waals surface area contributed by atoms with Crippen molar-refractivity contribution in [1.82, 2.24) is 5.32 Å². The Morgan fingerprint density at radius 1 is 1.38 bits per heavy atom.